The molecule has 1 N–H and O–H groups in total. The van der Waals surface area contributed by atoms with E-state index in [1.165, 1.54) is 4.90 Å². The van der Waals surface area contributed by atoms with E-state index < -0.39 is 26.1 Å². The Morgan fingerprint density at radius 2 is 2.04 bits per heavy atom. The second kappa shape index (κ2) is 6.53. The molecule has 1 saturated heterocycles. The third-order valence-electron chi connectivity index (χ3n) is 4.26. The topological polar surface area (TPSA) is 79.0 Å². The van der Waals surface area contributed by atoms with Gasteiger partial charge in [-0.25, -0.2) is 17.8 Å². The highest BCUT2D eigenvalue weighted by molar-refractivity contribution is 7.92. The highest BCUT2D eigenvalue weighted by Gasteiger charge is 2.48. The summed E-state index contributed by atoms with van der Waals surface area (Å²) in [5, 5.41) is 6.78. The van der Waals surface area contributed by atoms with E-state index >= 15 is 0 Å². The summed E-state index contributed by atoms with van der Waals surface area (Å²) >= 11 is 0. The summed E-state index contributed by atoms with van der Waals surface area (Å²) in [7, 11) is -5.68. The fraction of sp³-hybridized carbons (Fsp3) is 0.467. The molecule has 6 nitrogen and oxygen atoms in total. The number of rotatable bonds is 3. The van der Waals surface area contributed by atoms with Crippen LogP contribution in [-0.4, -0.2) is 42.2 Å². The monoisotopic (exact) mass is 392 g/mol. The molecule has 0 radical (unpaired) electrons. The number of nitrogens with zero attached hydrogens (tertiary/aromatic N) is 3. The summed E-state index contributed by atoms with van der Waals surface area (Å²) in [6.07, 6.45) is 1.33. The molecule has 2 aromatic rings. The van der Waals surface area contributed by atoms with Gasteiger partial charge in [0.2, 0.25) is 0 Å². The van der Waals surface area contributed by atoms with Gasteiger partial charge in [-0.15, -0.1) is 0 Å². The maximum absolute atomic E-state index is 13.5. The van der Waals surface area contributed by atoms with Crippen molar-refractivity contribution in [2.45, 2.75) is 36.1 Å². The smallest absolute Gasteiger partial charge is 0.370 e. The number of piperidine rings is 1. The number of halogens is 4. The van der Waals surface area contributed by atoms with Crippen LogP contribution in [0.5, 0.6) is 0 Å². The predicted octanol–water partition coefficient (Wildman–Crippen LogP) is 2.93. The minimum Gasteiger partial charge on any atom is -0.370 e. The van der Waals surface area contributed by atoms with E-state index in [1.807, 2.05) is 0 Å². The van der Waals surface area contributed by atoms with E-state index in [1.54, 1.807) is 6.92 Å². The molecule has 1 atom stereocenters. The summed E-state index contributed by atoms with van der Waals surface area (Å²) in [5.74, 6) is -0.0799. The van der Waals surface area contributed by atoms with Gasteiger partial charge in [-0.05, 0) is 38.0 Å². The Balaban J connectivity index is 1.99. The molecule has 1 unspecified atom stereocenters. The van der Waals surface area contributed by atoms with Crippen LogP contribution in [0.15, 0.2) is 23.1 Å². The van der Waals surface area contributed by atoms with Gasteiger partial charge in [0.25, 0.3) is 9.84 Å². The van der Waals surface area contributed by atoms with Gasteiger partial charge in [0.05, 0.1) is 5.69 Å². The number of benzene rings is 1. The zero-order chi connectivity index (χ0) is 19.1. The fourth-order valence-electron chi connectivity index (χ4n) is 3.04. The van der Waals surface area contributed by atoms with E-state index in [-0.39, 0.29) is 18.2 Å². The van der Waals surface area contributed by atoms with Gasteiger partial charge in [0.15, 0.2) is 5.82 Å². The van der Waals surface area contributed by atoms with Gasteiger partial charge in [-0.3, -0.25) is 5.10 Å². The Labute approximate surface area is 147 Å². The van der Waals surface area contributed by atoms with Crippen LogP contribution in [0.2, 0.25) is 0 Å². The van der Waals surface area contributed by atoms with Gasteiger partial charge in [-0.2, -0.15) is 18.3 Å². The molecule has 1 fully saturated rings. The van der Waals surface area contributed by atoms with E-state index in [0.29, 0.717) is 30.7 Å². The first kappa shape index (κ1) is 18.6. The van der Waals surface area contributed by atoms with Crippen molar-refractivity contribution in [3.05, 3.63) is 35.7 Å². The Morgan fingerprint density at radius 3 is 2.65 bits per heavy atom. The second-order valence-corrected chi connectivity index (χ2v) is 8.04. The summed E-state index contributed by atoms with van der Waals surface area (Å²) in [6.45, 7) is 2.32. The average Bonchev–Trinajstić information content (AvgIpc) is 3.00. The lowest BCUT2D eigenvalue weighted by molar-refractivity contribution is -0.0435. The Morgan fingerprint density at radius 1 is 1.31 bits per heavy atom. The van der Waals surface area contributed by atoms with Crippen LogP contribution >= 0.6 is 0 Å². The van der Waals surface area contributed by atoms with Crippen molar-refractivity contribution < 1.29 is 26.0 Å². The molecule has 0 spiro atoms. The van der Waals surface area contributed by atoms with Crippen molar-refractivity contribution in [2.24, 2.45) is 0 Å². The maximum atomic E-state index is 13.5. The van der Waals surface area contributed by atoms with Crippen molar-refractivity contribution in [3.8, 4) is 0 Å². The minimum atomic E-state index is -5.68. The van der Waals surface area contributed by atoms with Crippen molar-refractivity contribution >= 4 is 15.5 Å². The summed E-state index contributed by atoms with van der Waals surface area (Å²) in [4.78, 5) is 4.67. The van der Waals surface area contributed by atoms with E-state index in [4.69, 9.17) is 0 Å². The number of aromatic nitrogens is 3. The van der Waals surface area contributed by atoms with Crippen LogP contribution in [0.1, 0.15) is 30.4 Å². The molecular formula is C15H16F4N4O2S. The van der Waals surface area contributed by atoms with Crippen LogP contribution in [0, 0.1) is 12.7 Å². The highest BCUT2D eigenvalue weighted by atomic mass is 32.2. The molecule has 0 saturated carbocycles. The molecule has 142 valence electrons. The highest BCUT2D eigenvalue weighted by Crippen LogP contribution is 2.38. The number of hydrogen-bond donors (Lipinski definition) is 1. The first-order valence-corrected chi connectivity index (χ1v) is 9.32. The number of anilines is 1. The SMILES string of the molecule is Cc1nc(C2CCCN(c3ccc(F)cc3S(=O)(=O)C(F)(F)F)C2)n[nH]1. The van der Waals surface area contributed by atoms with Crippen molar-refractivity contribution in [3.63, 3.8) is 0 Å². The standard InChI is InChI=1S/C15H16F4N4O2S/c1-9-20-14(22-21-9)10-3-2-6-23(8-10)12-5-4-11(16)7-13(12)26(24,25)15(17,18)19/h4-5,7,10H,2-3,6,8H2,1H3,(H,20,21,22). The molecule has 1 aromatic carbocycles. The predicted molar refractivity (Wildman–Crippen MR) is 84.9 cm³/mol. The lowest BCUT2D eigenvalue weighted by Gasteiger charge is -2.34. The number of sulfone groups is 1. The summed E-state index contributed by atoms with van der Waals surface area (Å²) in [5.41, 5.74) is -5.67. The molecule has 3 rings (SSSR count). The van der Waals surface area contributed by atoms with Crippen molar-refractivity contribution in [1.29, 1.82) is 0 Å². The number of nitrogens with one attached hydrogen (secondary N) is 1. The molecule has 0 aliphatic carbocycles. The molecule has 1 aliphatic rings. The zero-order valence-electron chi connectivity index (χ0n) is 13.7. The third-order valence-corrected chi connectivity index (χ3v) is 5.77. The van der Waals surface area contributed by atoms with Gasteiger partial charge in [-0.1, -0.05) is 0 Å². The molecule has 0 amide bonds. The normalized spacial score (nSPS) is 19.0. The number of aromatic amines is 1. The van der Waals surface area contributed by atoms with E-state index in [9.17, 15) is 26.0 Å². The zero-order valence-corrected chi connectivity index (χ0v) is 14.5. The molecule has 1 aromatic heterocycles. The molecule has 11 heteroatoms. The first-order valence-electron chi connectivity index (χ1n) is 7.84. The molecular weight excluding hydrogens is 376 g/mol. The van der Waals surface area contributed by atoms with Gasteiger partial charge >= 0.3 is 5.51 Å². The van der Waals surface area contributed by atoms with Crippen LogP contribution < -0.4 is 4.90 Å². The van der Waals surface area contributed by atoms with Gasteiger partial charge < -0.3 is 4.90 Å². The molecule has 1 aliphatic heterocycles. The molecule has 26 heavy (non-hydrogen) atoms. The molecule has 0 bridgehead atoms. The van der Waals surface area contributed by atoms with Crippen molar-refractivity contribution in [2.75, 3.05) is 18.0 Å². The fourth-order valence-corrected chi connectivity index (χ4v) is 4.03. The number of alkyl halides is 3. The quantitative estimate of drug-likeness (QED) is 0.813. The largest absolute Gasteiger partial charge is 0.501 e. The Kier molecular flexibility index (Phi) is 4.67. The Hall–Kier alpha value is -2.17. The third kappa shape index (κ3) is 3.39. The van der Waals surface area contributed by atoms with Crippen LogP contribution in [0.25, 0.3) is 0 Å². The van der Waals surface area contributed by atoms with Crippen molar-refractivity contribution in [1.82, 2.24) is 15.2 Å². The number of aryl methyl sites for hydroxylation is 1. The van der Waals surface area contributed by atoms with Gasteiger partial charge in [0, 0.05) is 19.0 Å². The first-order chi connectivity index (χ1) is 12.1. The number of H-pyrrole nitrogens is 1. The average molecular weight is 392 g/mol. The Bertz CT molecular complexity index is 911. The lowest BCUT2D eigenvalue weighted by atomic mass is 9.97. The van der Waals surface area contributed by atoms with Crippen LogP contribution in [0.3, 0.4) is 0 Å². The van der Waals surface area contributed by atoms with E-state index in [2.05, 4.69) is 15.2 Å². The summed E-state index contributed by atoms with van der Waals surface area (Å²) < 4.78 is 76.2. The number of hydrogen-bond acceptors (Lipinski definition) is 5. The maximum Gasteiger partial charge on any atom is 0.501 e. The van der Waals surface area contributed by atoms with Crippen LogP contribution in [-0.2, 0) is 9.84 Å². The lowest BCUT2D eigenvalue weighted by Crippen LogP contribution is -2.36. The van der Waals surface area contributed by atoms with Gasteiger partial charge in [0.1, 0.15) is 16.5 Å². The summed E-state index contributed by atoms with van der Waals surface area (Å²) in [6, 6.07) is 2.43. The molecule has 2 heterocycles. The second-order valence-electron chi connectivity index (χ2n) is 6.13. The minimum absolute atomic E-state index is 0.166. The van der Waals surface area contributed by atoms with E-state index in [0.717, 1.165) is 18.6 Å². The van der Waals surface area contributed by atoms with Crippen LogP contribution in [0.4, 0.5) is 23.2 Å².